The summed E-state index contributed by atoms with van der Waals surface area (Å²) < 4.78 is 10.7. The van der Waals surface area contributed by atoms with Crippen LogP contribution in [0, 0.1) is 0 Å². The maximum absolute atomic E-state index is 12.6. The van der Waals surface area contributed by atoms with Crippen molar-refractivity contribution in [3.63, 3.8) is 0 Å². The highest BCUT2D eigenvalue weighted by Crippen LogP contribution is 2.38. The van der Waals surface area contributed by atoms with Crippen LogP contribution in [-0.4, -0.2) is 35.2 Å². The number of carbonyl (C=O) groups is 3. The van der Waals surface area contributed by atoms with Gasteiger partial charge in [-0.1, -0.05) is 59.6 Å². The van der Waals surface area contributed by atoms with E-state index in [4.69, 9.17) is 32.7 Å². The number of imide groups is 1. The van der Waals surface area contributed by atoms with Crippen LogP contribution in [0.15, 0.2) is 59.5 Å². The van der Waals surface area contributed by atoms with Crippen LogP contribution in [0.1, 0.15) is 18.1 Å². The highest BCUT2D eigenvalue weighted by molar-refractivity contribution is 8.18. The van der Waals surface area contributed by atoms with Crippen LogP contribution in [0.2, 0.25) is 10.0 Å². The summed E-state index contributed by atoms with van der Waals surface area (Å²) in [5.74, 6) is -0.902. The van der Waals surface area contributed by atoms with Crippen LogP contribution < -0.4 is 4.74 Å². The number of nitrogens with zero attached hydrogens (tertiary/aromatic N) is 1. The molecule has 0 radical (unpaired) electrons. The molecule has 174 valence electrons. The molecule has 4 rings (SSSR count). The first kappa shape index (κ1) is 24.1. The molecule has 6 nitrogen and oxygen atoms in total. The number of ether oxygens (including phenoxy) is 2. The molecule has 0 atom stereocenters. The van der Waals surface area contributed by atoms with E-state index in [9.17, 15) is 14.4 Å². The minimum atomic E-state index is -0.648. The number of rotatable bonds is 7. The Balaban J connectivity index is 1.48. The van der Waals surface area contributed by atoms with Gasteiger partial charge in [0, 0.05) is 0 Å². The average molecular weight is 516 g/mol. The number of esters is 1. The van der Waals surface area contributed by atoms with E-state index >= 15 is 0 Å². The average Bonchev–Trinajstić information content (AvgIpc) is 3.06. The predicted molar refractivity (Wildman–Crippen MR) is 134 cm³/mol. The Labute approximate surface area is 210 Å². The normalized spacial score (nSPS) is 14.8. The van der Waals surface area contributed by atoms with Gasteiger partial charge in [-0.05, 0) is 64.9 Å². The fourth-order valence-electron chi connectivity index (χ4n) is 3.41. The quantitative estimate of drug-likeness (QED) is 0.270. The van der Waals surface area contributed by atoms with Gasteiger partial charge in [0.25, 0.3) is 11.1 Å². The Morgan fingerprint density at radius 1 is 1.03 bits per heavy atom. The van der Waals surface area contributed by atoms with Crippen molar-refractivity contribution in [3.8, 4) is 5.75 Å². The van der Waals surface area contributed by atoms with E-state index < -0.39 is 23.7 Å². The second-order valence-corrected chi connectivity index (χ2v) is 9.16. The van der Waals surface area contributed by atoms with E-state index in [0.29, 0.717) is 11.3 Å². The van der Waals surface area contributed by atoms with Gasteiger partial charge in [0.15, 0.2) is 5.75 Å². The number of halogens is 2. The zero-order valence-corrected chi connectivity index (χ0v) is 20.4. The summed E-state index contributed by atoms with van der Waals surface area (Å²) >= 11 is 13.6. The van der Waals surface area contributed by atoms with E-state index in [2.05, 4.69) is 0 Å². The van der Waals surface area contributed by atoms with Crippen molar-refractivity contribution in [2.75, 3.05) is 13.2 Å². The minimum absolute atomic E-state index is 0.159. The standard InChI is InChI=1S/C25H19Cl2NO5S/c1-2-32-22(29)13-28-24(30)21(34-25(28)31)12-16-10-19(26)23(20(27)11-16)33-14-15-7-8-17-5-3-4-6-18(17)9-15/h3-12H,2,13-14H2,1H3/b21-12+. The number of amides is 2. The lowest BCUT2D eigenvalue weighted by Crippen LogP contribution is -2.34. The van der Waals surface area contributed by atoms with Crippen LogP contribution in [0.4, 0.5) is 4.79 Å². The Morgan fingerprint density at radius 2 is 1.74 bits per heavy atom. The van der Waals surface area contributed by atoms with Gasteiger partial charge in [0.1, 0.15) is 13.2 Å². The molecule has 3 aromatic carbocycles. The lowest BCUT2D eigenvalue weighted by atomic mass is 10.1. The SMILES string of the molecule is CCOC(=O)CN1C(=O)S/C(=C/c2cc(Cl)c(OCc3ccc4ccccc4c3)c(Cl)c2)C1=O. The fraction of sp³-hybridized carbons (Fsp3) is 0.160. The molecule has 1 fully saturated rings. The molecule has 34 heavy (non-hydrogen) atoms. The molecule has 2 amide bonds. The van der Waals surface area contributed by atoms with E-state index in [1.54, 1.807) is 19.1 Å². The van der Waals surface area contributed by atoms with E-state index in [0.717, 1.165) is 33.0 Å². The molecule has 0 aromatic heterocycles. The molecule has 0 unspecified atom stereocenters. The summed E-state index contributed by atoms with van der Waals surface area (Å²) in [4.78, 5) is 37.4. The summed E-state index contributed by atoms with van der Waals surface area (Å²) in [6.07, 6.45) is 1.50. The van der Waals surface area contributed by atoms with Gasteiger partial charge in [-0.2, -0.15) is 0 Å². The number of hydrogen-bond donors (Lipinski definition) is 0. The third-order valence-corrected chi connectivity index (χ3v) is 6.45. The molecule has 3 aromatic rings. The largest absolute Gasteiger partial charge is 0.486 e. The number of hydrogen-bond acceptors (Lipinski definition) is 6. The van der Waals surface area contributed by atoms with Gasteiger partial charge < -0.3 is 9.47 Å². The molecule has 1 aliphatic rings. The maximum Gasteiger partial charge on any atom is 0.326 e. The molecule has 1 aliphatic heterocycles. The van der Waals surface area contributed by atoms with Gasteiger partial charge in [0.05, 0.1) is 21.6 Å². The maximum atomic E-state index is 12.6. The summed E-state index contributed by atoms with van der Waals surface area (Å²) in [7, 11) is 0. The molecule has 0 bridgehead atoms. The Morgan fingerprint density at radius 3 is 2.44 bits per heavy atom. The third kappa shape index (κ3) is 5.38. The van der Waals surface area contributed by atoms with Crippen LogP contribution in [0.25, 0.3) is 16.8 Å². The predicted octanol–water partition coefficient (Wildman–Crippen LogP) is 6.33. The first-order valence-electron chi connectivity index (χ1n) is 10.4. The van der Waals surface area contributed by atoms with E-state index in [1.165, 1.54) is 6.08 Å². The number of fused-ring (bicyclic) bond motifs is 1. The van der Waals surface area contributed by atoms with Gasteiger partial charge in [-0.25, -0.2) is 0 Å². The molecule has 0 aliphatic carbocycles. The minimum Gasteiger partial charge on any atom is -0.486 e. The van der Waals surface area contributed by atoms with Crippen LogP contribution in [0.5, 0.6) is 5.75 Å². The fourth-order valence-corrected chi connectivity index (χ4v) is 4.86. The first-order valence-corrected chi connectivity index (χ1v) is 11.9. The van der Waals surface area contributed by atoms with Crippen LogP contribution in [-0.2, 0) is 20.9 Å². The lowest BCUT2D eigenvalue weighted by molar-refractivity contribution is -0.145. The van der Waals surface area contributed by atoms with Gasteiger partial charge in [-0.15, -0.1) is 0 Å². The third-order valence-electron chi connectivity index (χ3n) is 4.98. The van der Waals surface area contributed by atoms with Crippen molar-refractivity contribution in [3.05, 3.63) is 80.7 Å². The van der Waals surface area contributed by atoms with Crippen LogP contribution >= 0.6 is 35.0 Å². The summed E-state index contributed by atoms with van der Waals surface area (Å²) in [6.45, 7) is 1.65. The number of benzene rings is 3. The second-order valence-electron chi connectivity index (χ2n) is 7.36. The van der Waals surface area contributed by atoms with Crippen molar-refractivity contribution in [2.24, 2.45) is 0 Å². The summed E-state index contributed by atoms with van der Waals surface area (Å²) in [5, 5.41) is 2.24. The van der Waals surface area contributed by atoms with Crippen LogP contribution in [0.3, 0.4) is 0 Å². The topological polar surface area (TPSA) is 72.9 Å². The Bertz CT molecular complexity index is 1300. The van der Waals surface area contributed by atoms with E-state index in [1.807, 2.05) is 42.5 Å². The molecular formula is C25H19Cl2NO5S. The highest BCUT2D eigenvalue weighted by Gasteiger charge is 2.36. The van der Waals surface area contributed by atoms with Crippen molar-refractivity contribution < 1.29 is 23.9 Å². The van der Waals surface area contributed by atoms with Crippen molar-refractivity contribution in [1.29, 1.82) is 0 Å². The van der Waals surface area contributed by atoms with Gasteiger partial charge in [-0.3, -0.25) is 19.3 Å². The molecule has 1 saturated heterocycles. The zero-order valence-electron chi connectivity index (χ0n) is 18.0. The van der Waals surface area contributed by atoms with Crippen molar-refractivity contribution in [1.82, 2.24) is 4.90 Å². The van der Waals surface area contributed by atoms with Gasteiger partial charge >= 0.3 is 5.97 Å². The van der Waals surface area contributed by atoms with Gasteiger partial charge in [0.2, 0.25) is 0 Å². The Kier molecular flexibility index (Phi) is 7.46. The molecule has 0 N–H and O–H groups in total. The Hall–Kier alpha value is -3.00. The molecule has 0 saturated carbocycles. The number of carbonyl (C=O) groups excluding carboxylic acids is 3. The lowest BCUT2D eigenvalue weighted by Gasteiger charge is -2.12. The number of thioether (sulfide) groups is 1. The molecule has 0 spiro atoms. The molecular weight excluding hydrogens is 497 g/mol. The smallest absolute Gasteiger partial charge is 0.326 e. The molecule has 1 heterocycles. The monoisotopic (exact) mass is 515 g/mol. The zero-order chi connectivity index (χ0) is 24.2. The molecule has 9 heteroatoms. The highest BCUT2D eigenvalue weighted by atomic mass is 35.5. The van der Waals surface area contributed by atoms with Crippen molar-refractivity contribution >= 4 is 68.9 Å². The second kappa shape index (κ2) is 10.5. The summed E-state index contributed by atoms with van der Waals surface area (Å²) in [5.41, 5.74) is 1.49. The first-order chi connectivity index (χ1) is 16.4. The van der Waals surface area contributed by atoms with E-state index in [-0.39, 0.29) is 28.2 Å². The summed E-state index contributed by atoms with van der Waals surface area (Å²) in [6, 6.07) is 17.3. The van der Waals surface area contributed by atoms with Crippen molar-refractivity contribution in [2.45, 2.75) is 13.5 Å².